The predicted octanol–water partition coefficient (Wildman–Crippen LogP) is 2.54. The zero-order chi connectivity index (χ0) is 14.5. The molecule has 2 heterocycles. The Balaban J connectivity index is 2.20. The third-order valence-electron chi connectivity index (χ3n) is 3.53. The van der Waals surface area contributed by atoms with E-state index in [0.717, 1.165) is 38.7 Å². The lowest BCUT2D eigenvalue weighted by molar-refractivity contribution is 0.122. The summed E-state index contributed by atoms with van der Waals surface area (Å²) in [6, 6.07) is 4.94. The molecule has 4 heteroatoms. The first kappa shape index (κ1) is 15.3. The number of aromatic nitrogens is 1. The molecule has 0 unspecified atom stereocenters. The van der Waals surface area contributed by atoms with Crippen molar-refractivity contribution in [2.45, 2.75) is 46.2 Å². The van der Waals surface area contributed by atoms with Crippen LogP contribution in [0.4, 0.5) is 5.82 Å². The first-order valence-corrected chi connectivity index (χ1v) is 7.63. The van der Waals surface area contributed by atoms with E-state index in [1.54, 1.807) is 0 Å². The molecule has 4 nitrogen and oxygen atoms in total. The quantitative estimate of drug-likeness (QED) is 0.897. The van der Waals surface area contributed by atoms with Gasteiger partial charge in [0.1, 0.15) is 5.82 Å². The zero-order valence-electron chi connectivity index (χ0n) is 13.1. The number of morpholine rings is 1. The zero-order valence-corrected chi connectivity index (χ0v) is 13.1. The van der Waals surface area contributed by atoms with Crippen LogP contribution in [0.1, 0.15) is 44.9 Å². The normalized spacial score (nSPS) is 16.2. The highest BCUT2D eigenvalue weighted by atomic mass is 16.5. The fraction of sp³-hybridized carbons (Fsp3) is 0.688. The van der Waals surface area contributed by atoms with Crippen molar-refractivity contribution in [2.24, 2.45) is 0 Å². The Bertz CT molecular complexity index is 426. The summed E-state index contributed by atoms with van der Waals surface area (Å²) >= 11 is 0. The van der Waals surface area contributed by atoms with Crippen LogP contribution in [0.15, 0.2) is 12.1 Å². The SMILES string of the molecule is CC(C)NCc1cc(C(C)C)nc(N2CCOCC2)c1. The molecule has 1 aliphatic heterocycles. The lowest BCUT2D eigenvalue weighted by Crippen LogP contribution is -2.37. The summed E-state index contributed by atoms with van der Waals surface area (Å²) in [5, 5.41) is 3.49. The van der Waals surface area contributed by atoms with Crippen LogP contribution in [0, 0.1) is 0 Å². The van der Waals surface area contributed by atoms with Crippen molar-refractivity contribution in [2.75, 3.05) is 31.2 Å². The molecule has 1 aromatic heterocycles. The fourth-order valence-electron chi connectivity index (χ4n) is 2.27. The Morgan fingerprint density at radius 1 is 1.20 bits per heavy atom. The third kappa shape index (κ3) is 4.18. The minimum atomic E-state index is 0.453. The average Bonchev–Trinajstić information content (AvgIpc) is 2.45. The van der Waals surface area contributed by atoms with Crippen molar-refractivity contribution >= 4 is 5.82 Å². The summed E-state index contributed by atoms with van der Waals surface area (Å²) in [6.07, 6.45) is 0. The van der Waals surface area contributed by atoms with E-state index in [-0.39, 0.29) is 0 Å². The molecule has 0 spiro atoms. The molecule has 0 aliphatic carbocycles. The first-order chi connectivity index (χ1) is 9.56. The second-order valence-corrected chi connectivity index (χ2v) is 6.05. The van der Waals surface area contributed by atoms with E-state index in [9.17, 15) is 0 Å². The second kappa shape index (κ2) is 7.04. The molecule has 0 bridgehead atoms. The van der Waals surface area contributed by atoms with Crippen LogP contribution in [0.5, 0.6) is 0 Å². The first-order valence-electron chi connectivity index (χ1n) is 7.63. The molecule has 0 saturated carbocycles. The number of anilines is 1. The molecule has 112 valence electrons. The van der Waals surface area contributed by atoms with Gasteiger partial charge in [-0.15, -0.1) is 0 Å². The van der Waals surface area contributed by atoms with Crippen molar-refractivity contribution < 1.29 is 4.74 Å². The Kier molecular flexibility index (Phi) is 5.38. The highest BCUT2D eigenvalue weighted by Crippen LogP contribution is 2.21. The molecule has 1 fully saturated rings. The largest absolute Gasteiger partial charge is 0.378 e. The third-order valence-corrected chi connectivity index (χ3v) is 3.53. The van der Waals surface area contributed by atoms with Crippen molar-refractivity contribution in [1.82, 2.24) is 10.3 Å². The molecule has 0 atom stereocenters. The van der Waals surface area contributed by atoms with Crippen LogP contribution in [-0.4, -0.2) is 37.3 Å². The number of ether oxygens (including phenoxy) is 1. The van der Waals surface area contributed by atoms with Crippen LogP contribution in [0.25, 0.3) is 0 Å². The van der Waals surface area contributed by atoms with E-state index in [1.165, 1.54) is 11.3 Å². The lowest BCUT2D eigenvalue weighted by atomic mass is 10.1. The summed E-state index contributed by atoms with van der Waals surface area (Å²) in [7, 11) is 0. The highest BCUT2D eigenvalue weighted by molar-refractivity contribution is 5.43. The van der Waals surface area contributed by atoms with Gasteiger partial charge in [0, 0.05) is 31.4 Å². The highest BCUT2D eigenvalue weighted by Gasteiger charge is 2.15. The molecule has 20 heavy (non-hydrogen) atoms. The van der Waals surface area contributed by atoms with Crippen molar-refractivity contribution in [1.29, 1.82) is 0 Å². The van der Waals surface area contributed by atoms with Gasteiger partial charge in [-0.2, -0.15) is 0 Å². The van der Waals surface area contributed by atoms with Crippen LogP contribution in [0.3, 0.4) is 0 Å². The molecule has 0 radical (unpaired) electrons. The number of hydrogen-bond donors (Lipinski definition) is 1. The maximum Gasteiger partial charge on any atom is 0.129 e. The van der Waals surface area contributed by atoms with Crippen molar-refractivity contribution in [3.8, 4) is 0 Å². The van der Waals surface area contributed by atoms with Crippen molar-refractivity contribution in [3.63, 3.8) is 0 Å². The minimum absolute atomic E-state index is 0.453. The van der Waals surface area contributed by atoms with Gasteiger partial charge in [-0.3, -0.25) is 0 Å². The van der Waals surface area contributed by atoms with Gasteiger partial charge < -0.3 is 15.0 Å². The molecule has 1 saturated heterocycles. The number of nitrogens with one attached hydrogen (secondary N) is 1. The molecule has 0 amide bonds. The molecular weight excluding hydrogens is 250 g/mol. The predicted molar refractivity (Wildman–Crippen MR) is 83.3 cm³/mol. The van der Waals surface area contributed by atoms with Gasteiger partial charge >= 0.3 is 0 Å². The Hall–Kier alpha value is -1.13. The van der Waals surface area contributed by atoms with E-state index in [2.05, 4.69) is 50.0 Å². The van der Waals surface area contributed by atoms with Gasteiger partial charge in [0.15, 0.2) is 0 Å². The minimum Gasteiger partial charge on any atom is -0.378 e. The average molecular weight is 277 g/mol. The van der Waals surface area contributed by atoms with Gasteiger partial charge in [-0.25, -0.2) is 4.98 Å². The summed E-state index contributed by atoms with van der Waals surface area (Å²) in [5.74, 6) is 1.55. The smallest absolute Gasteiger partial charge is 0.129 e. The summed E-state index contributed by atoms with van der Waals surface area (Å²) < 4.78 is 5.43. The Morgan fingerprint density at radius 3 is 2.50 bits per heavy atom. The molecule has 1 aromatic rings. The van der Waals surface area contributed by atoms with Gasteiger partial charge in [0.2, 0.25) is 0 Å². The van der Waals surface area contributed by atoms with Gasteiger partial charge in [0.25, 0.3) is 0 Å². The van der Waals surface area contributed by atoms with Gasteiger partial charge in [-0.1, -0.05) is 27.7 Å². The van der Waals surface area contributed by atoms with E-state index in [0.29, 0.717) is 12.0 Å². The van der Waals surface area contributed by atoms with Crippen LogP contribution >= 0.6 is 0 Å². The van der Waals surface area contributed by atoms with Crippen LogP contribution < -0.4 is 10.2 Å². The number of pyridine rings is 1. The van der Waals surface area contributed by atoms with Crippen LogP contribution in [-0.2, 0) is 11.3 Å². The fourth-order valence-corrected chi connectivity index (χ4v) is 2.27. The summed E-state index contributed by atoms with van der Waals surface area (Å²) in [4.78, 5) is 7.15. The van der Waals surface area contributed by atoms with E-state index >= 15 is 0 Å². The van der Waals surface area contributed by atoms with Crippen LogP contribution in [0.2, 0.25) is 0 Å². The lowest BCUT2D eigenvalue weighted by Gasteiger charge is -2.29. The monoisotopic (exact) mass is 277 g/mol. The maximum absolute atomic E-state index is 5.43. The van der Waals surface area contributed by atoms with E-state index < -0.39 is 0 Å². The molecule has 0 aromatic carbocycles. The number of hydrogen-bond acceptors (Lipinski definition) is 4. The number of nitrogens with zero attached hydrogens (tertiary/aromatic N) is 2. The summed E-state index contributed by atoms with van der Waals surface area (Å²) in [5.41, 5.74) is 2.49. The topological polar surface area (TPSA) is 37.4 Å². The molecule has 2 rings (SSSR count). The van der Waals surface area contributed by atoms with Gasteiger partial charge in [-0.05, 0) is 23.6 Å². The Morgan fingerprint density at radius 2 is 1.90 bits per heavy atom. The molecule has 1 aliphatic rings. The molecular formula is C16H27N3O. The van der Waals surface area contributed by atoms with Gasteiger partial charge in [0.05, 0.1) is 13.2 Å². The standard InChI is InChI=1S/C16H27N3O/c1-12(2)15-9-14(11-17-13(3)4)10-16(18-15)19-5-7-20-8-6-19/h9-10,12-13,17H,5-8,11H2,1-4H3. The number of rotatable bonds is 5. The molecule has 1 N–H and O–H groups in total. The Labute approximate surface area is 122 Å². The summed E-state index contributed by atoms with van der Waals surface area (Å²) in [6.45, 7) is 13.1. The second-order valence-electron chi connectivity index (χ2n) is 6.05. The van der Waals surface area contributed by atoms with Crippen molar-refractivity contribution in [3.05, 3.63) is 23.4 Å². The van der Waals surface area contributed by atoms with E-state index in [4.69, 9.17) is 9.72 Å². The maximum atomic E-state index is 5.43. The van der Waals surface area contributed by atoms with E-state index in [1.807, 2.05) is 0 Å².